The van der Waals surface area contributed by atoms with Crippen molar-refractivity contribution in [3.8, 4) is 0 Å². The van der Waals surface area contributed by atoms with Crippen LogP contribution < -0.4 is 10.6 Å². The molecular formula is C26H24F2N4O2. The number of anilines is 2. The lowest BCUT2D eigenvalue weighted by Gasteiger charge is -2.39. The maximum atomic E-state index is 14.2. The van der Waals surface area contributed by atoms with Crippen molar-refractivity contribution in [1.82, 2.24) is 9.78 Å². The maximum absolute atomic E-state index is 14.2. The van der Waals surface area contributed by atoms with E-state index in [1.54, 1.807) is 0 Å². The molecule has 0 saturated carbocycles. The van der Waals surface area contributed by atoms with E-state index in [-0.39, 0.29) is 22.7 Å². The fraction of sp³-hybridized carbons (Fsp3) is 0.269. The Morgan fingerprint density at radius 1 is 1.12 bits per heavy atom. The fourth-order valence-corrected chi connectivity index (χ4v) is 4.70. The molecule has 1 atom stereocenters. The van der Waals surface area contributed by atoms with E-state index in [2.05, 4.69) is 15.7 Å². The van der Waals surface area contributed by atoms with Gasteiger partial charge in [-0.3, -0.25) is 9.59 Å². The number of halogens is 2. The predicted octanol–water partition coefficient (Wildman–Crippen LogP) is 5.38. The van der Waals surface area contributed by atoms with Gasteiger partial charge in [0.1, 0.15) is 17.4 Å². The van der Waals surface area contributed by atoms with Gasteiger partial charge < -0.3 is 10.6 Å². The van der Waals surface area contributed by atoms with E-state index >= 15 is 0 Å². The molecule has 8 heteroatoms. The number of hydrogen-bond donors (Lipinski definition) is 2. The van der Waals surface area contributed by atoms with Gasteiger partial charge in [-0.05, 0) is 48.6 Å². The Kier molecular flexibility index (Phi) is 5.11. The van der Waals surface area contributed by atoms with E-state index in [4.69, 9.17) is 0 Å². The Bertz CT molecular complexity index is 1360. The minimum absolute atomic E-state index is 0.0831. The first kappa shape index (κ1) is 22.0. The summed E-state index contributed by atoms with van der Waals surface area (Å²) in [4.78, 5) is 26.3. The number of ketones is 1. The van der Waals surface area contributed by atoms with Crippen molar-refractivity contribution < 1.29 is 18.4 Å². The van der Waals surface area contributed by atoms with Crippen LogP contribution in [0.2, 0.25) is 0 Å². The highest BCUT2D eigenvalue weighted by Gasteiger charge is 2.42. The Morgan fingerprint density at radius 2 is 1.85 bits per heavy atom. The normalized spacial score (nSPS) is 18.7. The van der Waals surface area contributed by atoms with Crippen LogP contribution in [0.4, 0.5) is 20.3 Å². The third-order valence-electron chi connectivity index (χ3n) is 6.32. The van der Waals surface area contributed by atoms with Crippen molar-refractivity contribution in [2.45, 2.75) is 39.7 Å². The maximum Gasteiger partial charge on any atom is 0.261 e. The van der Waals surface area contributed by atoms with Crippen LogP contribution in [0.3, 0.4) is 0 Å². The second-order valence-corrected chi connectivity index (χ2v) is 9.71. The molecule has 174 valence electrons. The van der Waals surface area contributed by atoms with Gasteiger partial charge in [0.15, 0.2) is 17.4 Å². The van der Waals surface area contributed by atoms with Crippen molar-refractivity contribution in [3.05, 3.63) is 88.3 Å². The molecule has 0 saturated heterocycles. The van der Waals surface area contributed by atoms with Crippen LogP contribution in [0, 0.1) is 24.0 Å². The molecule has 2 N–H and O–H groups in total. The van der Waals surface area contributed by atoms with Crippen molar-refractivity contribution in [2.75, 3.05) is 10.6 Å². The number of aromatic nitrogens is 2. The van der Waals surface area contributed by atoms with E-state index in [1.165, 1.54) is 16.9 Å². The van der Waals surface area contributed by atoms with Crippen LogP contribution >= 0.6 is 0 Å². The molecule has 1 amide bonds. The molecule has 6 nitrogen and oxygen atoms in total. The molecule has 0 bridgehead atoms. The molecule has 1 aliphatic heterocycles. The fourth-order valence-electron chi connectivity index (χ4n) is 4.70. The molecule has 2 aliphatic rings. The first-order chi connectivity index (χ1) is 16.1. The van der Waals surface area contributed by atoms with Crippen LogP contribution in [-0.4, -0.2) is 21.5 Å². The molecule has 2 heterocycles. The molecule has 3 aromatic rings. The molecule has 0 spiro atoms. The molecule has 2 aromatic carbocycles. The van der Waals surface area contributed by atoms with Gasteiger partial charge in [-0.25, -0.2) is 13.5 Å². The molecule has 0 unspecified atom stereocenters. The molecule has 0 fully saturated rings. The molecule has 1 aliphatic carbocycles. The minimum Gasteiger partial charge on any atom is -0.343 e. The largest absolute Gasteiger partial charge is 0.343 e. The van der Waals surface area contributed by atoms with E-state index in [0.29, 0.717) is 41.2 Å². The van der Waals surface area contributed by atoms with Gasteiger partial charge in [-0.1, -0.05) is 37.6 Å². The topological polar surface area (TPSA) is 76.0 Å². The quantitative estimate of drug-likeness (QED) is 0.548. The van der Waals surface area contributed by atoms with E-state index in [9.17, 15) is 18.4 Å². The number of fused-ring (bicyclic) bond motifs is 1. The number of nitrogens with one attached hydrogen (secondary N) is 2. The highest BCUT2D eigenvalue weighted by atomic mass is 19.2. The van der Waals surface area contributed by atoms with Gasteiger partial charge in [0.2, 0.25) is 0 Å². The first-order valence-corrected chi connectivity index (χ1v) is 11.1. The Morgan fingerprint density at radius 3 is 2.56 bits per heavy atom. The zero-order valence-corrected chi connectivity index (χ0v) is 19.1. The number of nitrogens with zero attached hydrogens (tertiary/aromatic N) is 2. The SMILES string of the molecule is Cc1ccc(NC(=O)c2cnn3c2NC2=C(C(=O)CC(C)(C)C2)[C@H]3c2ccc(F)c(F)c2)cc1. The molecule has 0 radical (unpaired) electrons. The number of rotatable bonds is 3. The molecular weight excluding hydrogens is 438 g/mol. The summed E-state index contributed by atoms with van der Waals surface area (Å²) in [6, 6.07) is 10.2. The average Bonchev–Trinajstić information content (AvgIpc) is 3.18. The third kappa shape index (κ3) is 3.79. The summed E-state index contributed by atoms with van der Waals surface area (Å²) in [6.45, 7) is 5.96. The van der Waals surface area contributed by atoms with Crippen molar-refractivity contribution in [3.63, 3.8) is 0 Å². The minimum atomic E-state index is -1.01. The molecule has 5 rings (SSSR count). The van der Waals surface area contributed by atoms with Gasteiger partial charge in [-0.15, -0.1) is 0 Å². The number of Topliss-reactive ketones (excluding diaryl/α,β-unsaturated/α-hetero) is 1. The number of aryl methyl sites for hydroxylation is 1. The van der Waals surface area contributed by atoms with Crippen molar-refractivity contribution in [1.29, 1.82) is 0 Å². The van der Waals surface area contributed by atoms with Gasteiger partial charge in [0, 0.05) is 23.4 Å². The summed E-state index contributed by atoms with van der Waals surface area (Å²) < 4.78 is 29.4. The molecule has 34 heavy (non-hydrogen) atoms. The van der Waals surface area contributed by atoms with E-state index < -0.39 is 17.7 Å². The van der Waals surface area contributed by atoms with Crippen LogP contribution in [-0.2, 0) is 4.79 Å². The molecule has 1 aromatic heterocycles. The summed E-state index contributed by atoms with van der Waals surface area (Å²) in [5.41, 5.74) is 3.23. The summed E-state index contributed by atoms with van der Waals surface area (Å²) in [5, 5.41) is 10.5. The summed E-state index contributed by atoms with van der Waals surface area (Å²) in [7, 11) is 0. The van der Waals surface area contributed by atoms with Gasteiger partial charge in [0.05, 0.1) is 6.20 Å². The number of carbonyl (C=O) groups is 2. The van der Waals surface area contributed by atoms with Crippen molar-refractivity contribution in [2.24, 2.45) is 5.41 Å². The number of benzene rings is 2. The number of carbonyl (C=O) groups excluding carboxylic acids is 2. The lowest BCUT2D eigenvalue weighted by molar-refractivity contribution is -0.118. The van der Waals surface area contributed by atoms with Gasteiger partial charge in [0.25, 0.3) is 5.91 Å². The van der Waals surface area contributed by atoms with Crippen LogP contribution in [0.5, 0.6) is 0 Å². The van der Waals surface area contributed by atoms with E-state index in [0.717, 1.165) is 17.7 Å². The van der Waals surface area contributed by atoms with Crippen LogP contribution in [0.25, 0.3) is 0 Å². The predicted molar refractivity (Wildman–Crippen MR) is 125 cm³/mol. The zero-order chi connectivity index (χ0) is 24.2. The van der Waals surface area contributed by atoms with Gasteiger partial charge >= 0.3 is 0 Å². The van der Waals surface area contributed by atoms with E-state index in [1.807, 2.05) is 45.0 Å². The summed E-state index contributed by atoms with van der Waals surface area (Å²) >= 11 is 0. The van der Waals surface area contributed by atoms with Gasteiger partial charge in [-0.2, -0.15) is 5.10 Å². The Balaban J connectivity index is 1.60. The highest BCUT2D eigenvalue weighted by molar-refractivity contribution is 6.08. The lowest BCUT2D eigenvalue weighted by Crippen LogP contribution is -2.37. The monoisotopic (exact) mass is 462 g/mol. The average molecular weight is 463 g/mol. The summed E-state index contributed by atoms with van der Waals surface area (Å²) in [6.07, 6.45) is 2.32. The standard InChI is InChI=1S/C26H24F2N4O2/c1-14-4-7-16(8-5-14)30-25(34)17-13-29-32-23(15-6-9-18(27)19(28)10-15)22-20(31-24(17)32)11-26(2,3)12-21(22)33/h4-10,13,23,31H,11-12H2,1-3H3,(H,30,34)/t23-/m1/s1. The number of allylic oxidation sites excluding steroid dienone is 2. The zero-order valence-electron chi connectivity index (χ0n) is 19.1. The Labute approximate surface area is 195 Å². The van der Waals surface area contributed by atoms with Crippen LogP contribution in [0.15, 0.2) is 59.9 Å². The first-order valence-electron chi connectivity index (χ1n) is 11.1. The lowest BCUT2D eigenvalue weighted by atomic mass is 9.73. The number of hydrogen-bond acceptors (Lipinski definition) is 4. The third-order valence-corrected chi connectivity index (χ3v) is 6.32. The highest BCUT2D eigenvalue weighted by Crippen LogP contribution is 2.46. The second kappa shape index (κ2) is 7.90. The smallest absolute Gasteiger partial charge is 0.261 e. The Hall–Kier alpha value is -3.81. The summed E-state index contributed by atoms with van der Waals surface area (Å²) in [5.74, 6) is -2.02. The van der Waals surface area contributed by atoms with Crippen molar-refractivity contribution >= 4 is 23.2 Å². The number of amides is 1. The van der Waals surface area contributed by atoms with Crippen LogP contribution in [0.1, 0.15) is 54.2 Å². The second-order valence-electron chi connectivity index (χ2n) is 9.71.